The number of ether oxygens (including phenoxy) is 1. The van der Waals surface area contributed by atoms with Gasteiger partial charge in [-0.2, -0.15) is 21.9 Å². The summed E-state index contributed by atoms with van der Waals surface area (Å²) in [5.41, 5.74) is 8.33. The third kappa shape index (κ3) is 6.78. The molecule has 0 atom stereocenters. The first kappa shape index (κ1) is 22.7. The van der Waals surface area contributed by atoms with Gasteiger partial charge in [-0.05, 0) is 55.7 Å². The predicted molar refractivity (Wildman–Crippen MR) is 107 cm³/mol. The zero-order chi connectivity index (χ0) is 21.8. The van der Waals surface area contributed by atoms with Crippen LogP contribution in [0.1, 0.15) is 17.5 Å². The summed E-state index contributed by atoms with van der Waals surface area (Å²) in [5, 5.41) is 7.96. The molecule has 158 valence electrons. The molecule has 0 heterocycles. The average molecular weight is 444 g/mol. The van der Waals surface area contributed by atoms with Gasteiger partial charge in [-0.3, -0.25) is 9.11 Å². The summed E-state index contributed by atoms with van der Waals surface area (Å²) in [5.74, 6) is -0.420. The lowest BCUT2D eigenvalue weighted by Gasteiger charge is -2.09. The second-order valence-electron chi connectivity index (χ2n) is 6.29. The van der Waals surface area contributed by atoms with Crippen LogP contribution in [-0.4, -0.2) is 38.3 Å². The van der Waals surface area contributed by atoms with Crippen molar-refractivity contribution < 1.29 is 30.7 Å². The van der Waals surface area contributed by atoms with E-state index in [1.807, 2.05) is 0 Å². The van der Waals surface area contributed by atoms with Gasteiger partial charge in [0.2, 0.25) is 0 Å². The number of anilines is 1. The van der Waals surface area contributed by atoms with Crippen LogP contribution in [0.2, 0.25) is 0 Å². The Kier molecular flexibility index (Phi) is 6.95. The molecule has 2 aromatic rings. The van der Waals surface area contributed by atoms with E-state index in [9.17, 15) is 21.4 Å². The molecule has 0 radical (unpaired) electrons. The van der Waals surface area contributed by atoms with Crippen molar-refractivity contribution in [1.82, 2.24) is 0 Å². The van der Waals surface area contributed by atoms with Crippen molar-refractivity contribution in [2.24, 2.45) is 10.2 Å². The van der Waals surface area contributed by atoms with Gasteiger partial charge in [0.25, 0.3) is 20.2 Å². The highest BCUT2D eigenvalue weighted by Gasteiger charge is 2.17. The molecule has 0 amide bonds. The third-order valence-electron chi connectivity index (χ3n) is 3.87. The fourth-order valence-electron chi connectivity index (χ4n) is 2.34. The monoisotopic (exact) mass is 443 g/mol. The topological polar surface area (TPSA) is 169 Å². The molecular weight excluding hydrogens is 422 g/mol. The maximum atomic E-state index is 11.7. The summed E-state index contributed by atoms with van der Waals surface area (Å²) >= 11 is 0. The van der Waals surface area contributed by atoms with Gasteiger partial charge in [0.05, 0.1) is 18.0 Å². The fourth-order valence-corrected chi connectivity index (χ4v) is 3.46. The van der Waals surface area contributed by atoms with Crippen LogP contribution >= 0.6 is 0 Å². The second-order valence-corrected chi connectivity index (χ2v) is 9.25. The number of hydrogen-bond acceptors (Lipinski definition) is 8. The van der Waals surface area contributed by atoms with Crippen molar-refractivity contribution in [2.45, 2.75) is 25.2 Å². The smallest absolute Gasteiger partial charge is 0.296 e. The number of aryl methyl sites for hydroxylation is 2. The van der Waals surface area contributed by atoms with Gasteiger partial charge < -0.3 is 10.5 Å². The van der Waals surface area contributed by atoms with Gasteiger partial charge in [-0.25, -0.2) is 0 Å². The van der Waals surface area contributed by atoms with Crippen LogP contribution in [0.4, 0.5) is 17.1 Å². The van der Waals surface area contributed by atoms with E-state index < -0.39 is 30.9 Å². The van der Waals surface area contributed by atoms with Crippen LogP contribution in [-0.2, 0) is 20.2 Å². The Bertz CT molecular complexity index is 1140. The van der Waals surface area contributed by atoms with Crippen LogP contribution in [0.25, 0.3) is 0 Å². The highest BCUT2D eigenvalue weighted by atomic mass is 32.2. The first-order valence-corrected chi connectivity index (χ1v) is 11.4. The molecule has 0 fully saturated rings. The minimum atomic E-state index is -4.63. The molecule has 2 aromatic carbocycles. The van der Waals surface area contributed by atoms with Crippen LogP contribution in [0.3, 0.4) is 0 Å². The summed E-state index contributed by atoms with van der Waals surface area (Å²) in [6.07, 6.45) is -0.00271. The van der Waals surface area contributed by atoms with E-state index in [1.54, 1.807) is 26.0 Å². The first-order chi connectivity index (χ1) is 13.4. The number of rotatable bonds is 8. The zero-order valence-electron chi connectivity index (χ0n) is 15.7. The molecule has 29 heavy (non-hydrogen) atoms. The van der Waals surface area contributed by atoms with Crippen LogP contribution in [0.5, 0.6) is 5.75 Å². The molecule has 0 aliphatic carbocycles. The number of nitrogens with two attached hydrogens (primary N) is 1. The fraction of sp³-hybridized carbons (Fsp3) is 0.294. The normalized spacial score (nSPS) is 12.4. The van der Waals surface area contributed by atoms with Gasteiger partial charge in [0, 0.05) is 11.8 Å². The van der Waals surface area contributed by atoms with E-state index in [0.29, 0.717) is 11.4 Å². The molecule has 0 aliphatic heterocycles. The van der Waals surface area contributed by atoms with Crippen molar-refractivity contribution in [3.05, 3.63) is 41.5 Å². The zero-order valence-corrected chi connectivity index (χ0v) is 17.4. The predicted octanol–water partition coefficient (Wildman–Crippen LogP) is 3.20. The molecule has 0 saturated carbocycles. The van der Waals surface area contributed by atoms with E-state index >= 15 is 0 Å². The molecule has 0 aromatic heterocycles. The maximum absolute atomic E-state index is 11.7. The molecule has 0 spiro atoms. The molecule has 2 rings (SSSR count). The quantitative estimate of drug-likeness (QED) is 0.242. The van der Waals surface area contributed by atoms with Gasteiger partial charge in [0.15, 0.2) is 0 Å². The largest absolute Gasteiger partial charge is 0.494 e. The van der Waals surface area contributed by atoms with E-state index in [2.05, 4.69) is 10.2 Å². The Morgan fingerprint density at radius 3 is 2.24 bits per heavy atom. The van der Waals surface area contributed by atoms with E-state index in [4.69, 9.17) is 15.0 Å². The SMILES string of the molecule is Cc1cc(N=Nc2ccc(OCCCS(=O)(=O)O)cc2S(=O)(=O)O)c(C)cc1N. The molecule has 0 bridgehead atoms. The lowest BCUT2D eigenvalue weighted by atomic mass is 10.1. The number of nitrogen functional groups attached to an aromatic ring is 1. The standard InChI is InChI=1S/C17H21N3O7S2/c1-11-9-16(12(2)8-14(11)18)20-19-15-5-4-13(10-17(15)29(24,25)26)27-6-3-7-28(21,22)23/h4-5,8-10H,3,6-7,18H2,1-2H3,(H,21,22,23)(H,24,25,26). The molecule has 4 N–H and O–H groups in total. The number of azo groups is 1. The molecule has 0 aliphatic rings. The van der Waals surface area contributed by atoms with Crippen molar-refractivity contribution in [3.8, 4) is 5.75 Å². The van der Waals surface area contributed by atoms with Crippen LogP contribution in [0, 0.1) is 13.8 Å². The molecule has 0 saturated heterocycles. The summed E-state index contributed by atoms with van der Waals surface area (Å²) < 4.78 is 68.2. The van der Waals surface area contributed by atoms with E-state index in [0.717, 1.165) is 17.2 Å². The minimum Gasteiger partial charge on any atom is -0.494 e. The highest BCUT2D eigenvalue weighted by Crippen LogP contribution is 2.32. The van der Waals surface area contributed by atoms with E-state index in [1.165, 1.54) is 12.1 Å². The van der Waals surface area contributed by atoms with E-state index in [-0.39, 0.29) is 24.5 Å². The Morgan fingerprint density at radius 1 is 0.966 bits per heavy atom. The minimum absolute atomic E-state index is 0.00271. The number of hydrogen-bond donors (Lipinski definition) is 3. The Labute approximate surface area is 168 Å². The Morgan fingerprint density at radius 2 is 1.62 bits per heavy atom. The summed E-state index contributed by atoms with van der Waals surface area (Å²) in [6, 6.07) is 7.17. The van der Waals surface area contributed by atoms with Gasteiger partial charge in [-0.1, -0.05) is 0 Å². The van der Waals surface area contributed by atoms with Gasteiger partial charge >= 0.3 is 0 Å². The molecule has 0 unspecified atom stereocenters. The summed E-state index contributed by atoms with van der Waals surface area (Å²) in [7, 11) is -8.74. The van der Waals surface area contributed by atoms with Crippen molar-refractivity contribution >= 4 is 37.3 Å². The number of benzene rings is 2. The Balaban J connectivity index is 2.27. The van der Waals surface area contributed by atoms with Crippen molar-refractivity contribution in [3.63, 3.8) is 0 Å². The summed E-state index contributed by atoms with van der Waals surface area (Å²) in [4.78, 5) is -0.515. The second kappa shape index (κ2) is 8.86. The van der Waals surface area contributed by atoms with Crippen LogP contribution < -0.4 is 10.5 Å². The van der Waals surface area contributed by atoms with Crippen molar-refractivity contribution in [2.75, 3.05) is 18.1 Å². The molecule has 12 heteroatoms. The molecular formula is C17H21N3O7S2. The van der Waals surface area contributed by atoms with Crippen LogP contribution in [0.15, 0.2) is 45.5 Å². The highest BCUT2D eigenvalue weighted by molar-refractivity contribution is 7.86. The third-order valence-corrected chi connectivity index (χ3v) is 5.56. The maximum Gasteiger partial charge on any atom is 0.296 e. The van der Waals surface area contributed by atoms with Gasteiger partial charge in [0.1, 0.15) is 16.3 Å². The molecule has 10 nitrogen and oxygen atoms in total. The lowest BCUT2D eigenvalue weighted by molar-refractivity contribution is 0.315. The number of nitrogens with zero attached hydrogens (tertiary/aromatic N) is 2. The van der Waals surface area contributed by atoms with Crippen molar-refractivity contribution in [1.29, 1.82) is 0 Å². The van der Waals surface area contributed by atoms with Gasteiger partial charge in [-0.15, -0.1) is 5.11 Å². The summed E-state index contributed by atoms with van der Waals surface area (Å²) in [6.45, 7) is 3.48. The Hall–Kier alpha value is -2.54. The lowest BCUT2D eigenvalue weighted by Crippen LogP contribution is -2.08. The average Bonchev–Trinajstić information content (AvgIpc) is 2.59. The first-order valence-electron chi connectivity index (χ1n) is 8.35.